The lowest BCUT2D eigenvalue weighted by atomic mass is 9.90. The van der Waals surface area contributed by atoms with Crippen molar-refractivity contribution in [2.45, 2.75) is 24.3 Å². The summed E-state index contributed by atoms with van der Waals surface area (Å²) in [5.41, 5.74) is 1.80. The molecule has 0 amide bonds. The Balaban J connectivity index is 2.11. The highest BCUT2D eigenvalue weighted by molar-refractivity contribution is 7.91. The number of allylic oxidation sites excluding steroid dienone is 3. The van der Waals surface area contributed by atoms with Gasteiger partial charge in [0.1, 0.15) is 5.76 Å². The first-order chi connectivity index (χ1) is 12.3. The number of hydrogen-bond acceptors (Lipinski definition) is 5. The molecule has 1 N–H and O–H groups in total. The minimum absolute atomic E-state index is 0.161. The zero-order valence-corrected chi connectivity index (χ0v) is 15.3. The smallest absolute Gasteiger partial charge is 0.223 e. The van der Waals surface area contributed by atoms with Gasteiger partial charge in [0.25, 0.3) is 0 Å². The number of aromatic nitrogens is 1. The summed E-state index contributed by atoms with van der Waals surface area (Å²) in [5, 5.41) is 9.10. The monoisotopic (exact) mass is 377 g/mol. The van der Waals surface area contributed by atoms with Crippen LogP contribution >= 0.6 is 0 Å². The fourth-order valence-corrected chi connectivity index (χ4v) is 4.27. The highest BCUT2D eigenvalue weighted by Crippen LogP contribution is 2.42. The van der Waals surface area contributed by atoms with E-state index >= 15 is 4.39 Å². The Morgan fingerprint density at radius 1 is 1.31 bits per heavy atom. The molecule has 7 heteroatoms. The lowest BCUT2D eigenvalue weighted by molar-refractivity contribution is 0.293. The van der Waals surface area contributed by atoms with E-state index in [2.05, 4.69) is 4.98 Å². The third kappa shape index (κ3) is 3.01. The zero-order valence-electron chi connectivity index (χ0n) is 14.5. The van der Waals surface area contributed by atoms with Gasteiger partial charge in [-0.2, -0.15) is 0 Å². The molecule has 26 heavy (non-hydrogen) atoms. The SMILES string of the molecule is Cc1oc(C2(S(C)(=O)=O)C=CC(c3ccccc3)=CC2F)nc1CCO. The molecule has 0 fully saturated rings. The van der Waals surface area contributed by atoms with Gasteiger partial charge in [-0.25, -0.2) is 17.8 Å². The molecule has 1 aliphatic carbocycles. The summed E-state index contributed by atoms with van der Waals surface area (Å²) in [7, 11) is -3.94. The van der Waals surface area contributed by atoms with E-state index in [1.165, 1.54) is 12.2 Å². The first-order valence-corrected chi connectivity index (χ1v) is 10.1. The van der Waals surface area contributed by atoms with Gasteiger partial charge in [-0.05, 0) is 24.1 Å². The van der Waals surface area contributed by atoms with Crippen molar-refractivity contribution < 1.29 is 22.3 Å². The van der Waals surface area contributed by atoms with Crippen LogP contribution in [0.3, 0.4) is 0 Å². The summed E-state index contributed by atoms with van der Waals surface area (Å²) in [4.78, 5) is 4.18. The summed E-state index contributed by atoms with van der Waals surface area (Å²) in [6.45, 7) is 1.45. The number of halogens is 1. The fourth-order valence-electron chi connectivity index (χ4n) is 3.07. The minimum atomic E-state index is -3.94. The van der Waals surface area contributed by atoms with Crippen molar-refractivity contribution in [1.29, 1.82) is 0 Å². The van der Waals surface area contributed by atoms with Crippen molar-refractivity contribution in [3.63, 3.8) is 0 Å². The van der Waals surface area contributed by atoms with E-state index in [0.29, 0.717) is 17.0 Å². The normalized spacial score (nSPS) is 23.1. The van der Waals surface area contributed by atoms with Crippen LogP contribution in [0.2, 0.25) is 0 Å². The quantitative estimate of drug-likeness (QED) is 0.867. The third-order valence-electron chi connectivity index (χ3n) is 4.54. The topological polar surface area (TPSA) is 80.4 Å². The van der Waals surface area contributed by atoms with Gasteiger partial charge in [0.05, 0.1) is 5.69 Å². The summed E-state index contributed by atoms with van der Waals surface area (Å²) in [6, 6.07) is 9.15. The van der Waals surface area contributed by atoms with Crippen molar-refractivity contribution in [3.8, 4) is 0 Å². The standard InChI is InChI=1S/C19H20FNO4S/c1-13-16(9-11-22)21-18(25-13)19(26(2,23)24)10-8-15(12-17(19)20)14-6-4-3-5-7-14/h3-8,10,12,17,22H,9,11H2,1-2H3. The molecule has 2 atom stereocenters. The maximum atomic E-state index is 15.3. The molecule has 5 nitrogen and oxygen atoms in total. The van der Waals surface area contributed by atoms with Gasteiger partial charge in [0.2, 0.25) is 10.6 Å². The predicted molar refractivity (Wildman–Crippen MR) is 97.0 cm³/mol. The molecule has 0 aliphatic heterocycles. The second-order valence-electron chi connectivity index (χ2n) is 6.28. The number of sulfone groups is 1. The molecule has 2 aromatic rings. The van der Waals surface area contributed by atoms with Crippen LogP contribution in [0.15, 0.2) is 53.0 Å². The van der Waals surface area contributed by atoms with Crippen LogP contribution in [0.1, 0.15) is 22.9 Å². The Morgan fingerprint density at radius 3 is 2.58 bits per heavy atom. The van der Waals surface area contributed by atoms with Crippen LogP contribution in [-0.2, 0) is 21.0 Å². The number of alkyl halides is 1. The highest BCUT2D eigenvalue weighted by Gasteiger charge is 2.53. The van der Waals surface area contributed by atoms with Gasteiger partial charge in [-0.15, -0.1) is 0 Å². The van der Waals surface area contributed by atoms with Gasteiger partial charge < -0.3 is 9.52 Å². The van der Waals surface area contributed by atoms with Crippen LogP contribution in [0.4, 0.5) is 4.39 Å². The van der Waals surface area contributed by atoms with Crippen molar-refractivity contribution >= 4 is 15.4 Å². The molecule has 138 valence electrons. The number of oxazole rings is 1. The van der Waals surface area contributed by atoms with E-state index in [4.69, 9.17) is 9.52 Å². The minimum Gasteiger partial charge on any atom is -0.443 e. The molecule has 3 rings (SSSR count). The van der Waals surface area contributed by atoms with Crippen molar-refractivity contribution in [1.82, 2.24) is 4.98 Å². The largest absolute Gasteiger partial charge is 0.443 e. The molecule has 0 spiro atoms. The fraction of sp³-hybridized carbons (Fsp3) is 0.316. The first kappa shape index (κ1) is 18.5. The molecule has 1 heterocycles. The zero-order chi connectivity index (χ0) is 18.9. The molecule has 0 radical (unpaired) electrons. The second-order valence-corrected chi connectivity index (χ2v) is 8.50. The van der Waals surface area contributed by atoms with E-state index in [1.807, 2.05) is 30.3 Å². The Hall–Kier alpha value is -2.25. The van der Waals surface area contributed by atoms with E-state index in [9.17, 15) is 8.42 Å². The number of nitrogens with zero attached hydrogens (tertiary/aromatic N) is 1. The van der Waals surface area contributed by atoms with Crippen LogP contribution in [-0.4, -0.2) is 37.5 Å². The maximum Gasteiger partial charge on any atom is 0.223 e. The van der Waals surface area contributed by atoms with E-state index in [-0.39, 0.29) is 18.9 Å². The lowest BCUT2D eigenvalue weighted by Crippen LogP contribution is -2.43. The Bertz CT molecular complexity index is 963. The third-order valence-corrected chi connectivity index (χ3v) is 6.31. The molecule has 0 saturated carbocycles. The van der Waals surface area contributed by atoms with E-state index in [0.717, 1.165) is 11.8 Å². The van der Waals surface area contributed by atoms with Gasteiger partial charge in [0.15, 0.2) is 16.0 Å². The van der Waals surface area contributed by atoms with Crippen molar-refractivity contribution in [2.75, 3.05) is 12.9 Å². The van der Waals surface area contributed by atoms with Crippen molar-refractivity contribution in [2.24, 2.45) is 0 Å². The Kier molecular flexibility index (Phi) is 4.86. The summed E-state index contributed by atoms with van der Waals surface area (Å²) >= 11 is 0. The van der Waals surface area contributed by atoms with Gasteiger partial charge in [-0.3, -0.25) is 0 Å². The highest BCUT2D eigenvalue weighted by atomic mass is 32.2. The van der Waals surface area contributed by atoms with Gasteiger partial charge in [-0.1, -0.05) is 42.5 Å². The number of aliphatic hydroxyl groups excluding tert-OH is 1. The van der Waals surface area contributed by atoms with Crippen LogP contribution < -0.4 is 0 Å². The molecular weight excluding hydrogens is 357 g/mol. The molecule has 0 saturated heterocycles. The summed E-state index contributed by atoms with van der Waals surface area (Å²) < 4.78 is 43.9. The van der Waals surface area contributed by atoms with Gasteiger partial charge in [0, 0.05) is 19.3 Å². The molecule has 0 bridgehead atoms. The predicted octanol–water partition coefficient (Wildman–Crippen LogP) is 2.75. The molecule has 1 aromatic carbocycles. The molecule has 2 unspecified atom stereocenters. The average Bonchev–Trinajstić information content (AvgIpc) is 2.96. The Morgan fingerprint density at radius 2 is 2.00 bits per heavy atom. The average molecular weight is 377 g/mol. The summed E-state index contributed by atoms with van der Waals surface area (Å²) in [6.07, 6.45) is 3.48. The van der Waals surface area contributed by atoms with E-state index < -0.39 is 20.8 Å². The number of rotatable bonds is 5. The van der Waals surface area contributed by atoms with Crippen molar-refractivity contribution in [3.05, 3.63) is 71.5 Å². The number of aryl methyl sites for hydroxylation is 1. The lowest BCUT2D eigenvalue weighted by Gasteiger charge is -2.30. The van der Waals surface area contributed by atoms with Crippen LogP contribution in [0.5, 0.6) is 0 Å². The maximum absolute atomic E-state index is 15.3. The number of benzene rings is 1. The molecule has 1 aliphatic rings. The first-order valence-electron chi connectivity index (χ1n) is 8.17. The number of hydrogen-bond donors (Lipinski definition) is 1. The second kappa shape index (κ2) is 6.81. The summed E-state index contributed by atoms with van der Waals surface area (Å²) in [5.74, 6) is 0.156. The molecular formula is C19H20FNO4S. The Labute approximate surface area is 151 Å². The van der Waals surface area contributed by atoms with Crippen LogP contribution in [0, 0.1) is 6.92 Å². The number of aliphatic hydroxyl groups is 1. The van der Waals surface area contributed by atoms with Crippen LogP contribution in [0.25, 0.3) is 5.57 Å². The van der Waals surface area contributed by atoms with Gasteiger partial charge >= 0.3 is 0 Å². The van der Waals surface area contributed by atoms with E-state index in [1.54, 1.807) is 13.0 Å². The molecule has 1 aromatic heterocycles.